The van der Waals surface area contributed by atoms with Crippen molar-refractivity contribution in [2.45, 2.75) is 51.6 Å². The van der Waals surface area contributed by atoms with Crippen molar-refractivity contribution >= 4 is 27.5 Å². The van der Waals surface area contributed by atoms with E-state index in [1.54, 1.807) is 30.3 Å². The maximum absolute atomic E-state index is 13.9. The van der Waals surface area contributed by atoms with Gasteiger partial charge < -0.3 is 10.2 Å². The van der Waals surface area contributed by atoms with Crippen molar-refractivity contribution in [1.82, 2.24) is 10.2 Å². The Bertz CT molecular complexity index is 1290. The lowest BCUT2D eigenvalue weighted by Gasteiger charge is -2.33. The number of benzene rings is 3. The van der Waals surface area contributed by atoms with Crippen molar-refractivity contribution in [2.75, 3.05) is 17.4 Å². The van der Waals surface area contributed by atoms with Crippen LogP contribution >= 0.6 is 0 Å². The molecule has 2 amide bonds. The zero-order valence-corrected chi connectivity index (χ0v) is 22.7. The second-order valence-corrected chi connectivity index (χ2v) is 10.9. The van der Waals surface area contributed by atoms with E-state index in [9.17, 15) is 18.0 Å². The molecular formula is C29H35N3O4S. The van der Waals surface area contributed by atoms with Crippen LogP contribution in [0.25, 0.3) is 0 Å². The van der Waals surface area contributed by atoms with Gasteiger partial charge in [-0.2, -0.15) is 0 Å². The Morgan fingerprint density at radius 2 is 1.43 bits per heavy atom. The third-order valence-corrected chi connectivity index (χ3v) is 7.83. The second kappa shape index (κ2) is 12.5. The molecule has 1 N–H and O–H groups in total. The molecule has 3 rings (SSSR count). The minimum Gasteiger partial charge on any atom is -0.355 e. The fraction of sp³-hybridized carbons (Fsp3) is 0.310. The molecule has 37 heavy (non-hydrogen) atoms. The van der Waals surface area contributed by atoms with Crippen molar-refractivity contribution in [3.63, 3.8) is 0 Å². The van der Waals surface area contributed by atoms with E-state index in [0.29, 0.717) is 18.7 Å². The molecular weight excluding hydrogens is 486 g/mol. The van der Waals surface area contributed by atoms with Crippen LogP contribution in [0.4, 0.5) is 5.69 Å². The quantitative estimate of drug-likeness (QED) is 0.404. The maximum atomic E-state index is 13.9. The molecule has 0 aliphatic rings. The van der Waals surface area contributed by atoms with Crippen molar-refractivity contribution in [1.29, 1.82) is 0 Å². The third kappa shape index (κ3) is 6.98. The van der Waals surface area contributed by atoms with Gasteiger partial charge in [-0.05, 0) is 68.1 Å². The highest BCUT2D eigenvalue weighted by Gasteiger charge is 2.33. The van der Waals surface area contributed by atoms with Crippen LogP contribution < -0.4 is 9.62 Å². The van der Waals surface area contributed by atoms with Gasteiger partial charge in [0.25, 0.3) is 10.0 Å². The van der Waals surface area contributed by atoms with Gasteiger partial charge in [-0.25, -0.2) is 8.42 Å². The number of sulfonamides is 1. The first-order valence-corrected chi connectivity index (χ1v) is 13.9. The van der Waals surface area contributed by atoms with Crippen molar-refractivity contribution in [2.24, 2.45) is 0 Å². The average Bonchev–Trinajstić information content (AvgIpc) is 2.87. The highest BCUT2D eigenvalue weighted by molar-refractivity contribution is 7.92. The zero-order valence-electron chi connectivity index (χ0n) is 21.8. The van der Waals surface area contributed by atoms with E-state index in [2.05, 4.69) is 5.32 Å². The van der Waals surface area contributed by atoms with Crippen LogP contribution in [-0.4, -0.2) is 44.3 Å². The first-order valence-electron chi connectivity index (χ1n) is 12.4. The summed E-state index contributed by atoms with van der Waals surface area (Å²) in [5, 5.41) is 2.81. The Kier molecular flexibility index (Phi) is 9.47. The second-order valence-electron chi connectivity index (χ2n) is 9.00. The normalized spacial score (nSPS) is 12.0. The van der Waals surface area contributed by atoms with E-state index < -0.39 is 28.5 Å². The molecule has 0 unspecified atom stereocenters. The smallest absolute Gasteiger partial charge is 0.264 e. The number of nitrogens with one attached hydrogen (secondary N) is 1. The van der Waals surface area contributed by atoms with Gasteiger partial charge in [-0.3, -0.25) is 13.9 Å². The van der Waals surface area contributed by atoms with Gasteiger partial charge in [-0.15, -0.1) is 0 Å². The summed E-state index contributed by atoms with van der Waals surface area (Å²) in [5.41, 5.74) is 3.01. The van der Waals surface area contributed by atoms with Crippen molar-refractivity contribution in [3.05, 3.63) is 95.6 Å². The average molecular weight is 522 g/mol. The molecule has 0 aliphatic carbocycles. The van der Waals surface area contributed by atoms with Gasteiger partial charge >= 0.3 is 0 Å². The first-order chi connectivity index (χ1) is 17.7. The molecule has 8 heteroatoms. The molecule has 0 fully saturated rings. The van der Waals surface area contributed by atoms with Gasteiger partial charge in [0.05, 0.1) is 10.6 Å². The number of anilines is 1. The molecule has 0 bridgehead atoms. The van der Waals surface area contributed by atoms with E-state index in [0.717, 1.165) is 21.0 Å². The van der Waals surface area contributed by atoms with E-state index in [-0.39, 0.29) is 17.3 Å². The number of aryl methyl sites for hydroxylation is 2. The molecule has 0 heterocycles. The fourth-order valence-corrected chi connectivity index (χ4v) is 5.75. The van der Waals surface area contributed by atoms with E-state index >= 15 is 0 Å². The van der Waals surface area contributed by atoms with Gasteiger partial charge in [0.15, 0.2) is 0 Å². The summed E-state index contributed by atoms with van der Waals surface area (Å²) in [4.78, 5) is 28.4. The topological polar surface area (TPSA) is 86.8 Å². The van der Waals surface area contributed by atoms with E-state index in [1.807, 2.05) is 64.1 Å². The number of carbonyl (C=O) groups excluding carboxylic acids is 2. The summed E-state index contributed by atoms with van der Waals surface area (Å²) < 4.78 is 28.8. The SMILES string of the molecule is CCNC(=O)[C@@H](CC)N(Cc1ccccc1)C(=O)CN(c1cc(C)cc(C)c1)S(=O)(=O)c1ccccc1. The summed E-state index contributed by atoms with van der Waals surface area (Å²) in [6, 6.07) is 22.2. The number of carbonyl (C=O) groups is 2. The Labute approximate surface area is 220 Å². The predicted octanol–water partition coefficient (Wildman–Crippen LogP) is 4.44. The number of likely N-dealkylation sites (N-methyl/N-ethyl adjacent to an activating group) is 1. The summed E-state index contributed by atoms with van der Waals surface area (Å²) in [7, 11) is -4.07. The molecule has 0 saturated heterocycles. The van der Waals surface area contributed by atoms with Crippen molar-refractivity contribution in [3.8, 4) is 0 Å². The minimum atomic E-state index is -4.07. The summed E-state index contributed by atoms with van der Waals surface area (Å²) in [6.45, 7) is 7.60. The molecule has 0 radical (unpaired) electrons. The number of hydrogen-bond acceptors (Lipinski definition) is 4. The standard InChI is InChI=1S/C29H35N3O4S/c1-5-27(29(34)30-6-2)31(20-24-13-9-7-10-14-24)28(33)21-32(25-18-22(3)17-23(4)19-25)37(35,36)26-15-11-8-12-16-26/h7-19,27H,5-6,20-21H2,1-4H3,(H,30,34)/t27-/m1/s1. The van der Waals surface area contributed by atoms with E-state index in [4.69, 9.17) is 0 Å². The van der Waals surface area contributed by atoms with Gasteiger partial charge in [0.2, 0.25) is 11.8 Å². The highest BCUT2D eigenvalue weighted by atomic mass is 32.2. The van der Waals surface area contributed by atoms with Crippen LogP contribution in [0.15, 0.2) is 83.8 Å². The Balaban J connectivity index is 2.07. The molecule has 0 saturated carbocycles. The Morgan fingerprint density at radius 3 is 1.97 bits per heavy atom. The molecule has 7 nitrogen and oxygen atoms in total. The molecule has 0 spiro atoms. The molecule has 0 aromatic heterocycles. The maximum Gasteiger partial charge on any atom is 0.264 e. The van der Waals surface area contributed by atoms with Crippen molar-refractivity contribution < 1.29 is 18.0 Å². The number of amides is 2. The lowest BCUT2D eigenvalue weighted by Crippen LogP contribution is -2.52. The first kappa shape index (κ1) is 27.9. The van der Waals surface area contributed by atoms with E-state index in [1.165, 1.54) is 17.0 Å². The molecule has 3 aromatic carbocycles. The fourth-order valence-electron chi connectivity index (χ4n) is 4.33. The minimum absolute atomic E-state index is 0.0901. The van der Waals surface area contributed by atoms with Crippen LogP contribution in [0.2, 0.25) is 0 Å². The van der Waals surface area contributed by atoms with Gasteiger partial charge in [-0.1, -0.05) is 61.5 Å². The molecule has 3 aromatic rings. The summed E-state index contributed by atoms with van der Waals surface area (Å²) in [5.74, 6) is -0.723. The monoisotopic (exact) mass is 521 g/mol. The molecule has 1 atom stereocenters. The molecule has 0 aliphatic heterocycles. The van der Waals surface area contributed by atoms with Crippen LogP contribution in [-0.2, 0) is 26.2 Å². The molecule has 196 valence electrons. The summed E-state index contributed by atoms with van der Waals surface area (Å²) in [6.07, 6.45) is 0.388. The zero-order chi connectivity index (χ0) is 27.0. The van der Waals surface area contributed by atoms with Gasteiger partial charge in [0.1, 0.15) is 12.6 Å². The lowest BCUT2D eigenvalue weighted by molar-refractivity contribution is -0.140. The predicted molar refractivity (Wildman–Crippen MR) is 147 cm³/mol. The number of rotatable bonds is 11. The van der Waals surface area contributed by atoms with Crippen LogP contribution in [0.1, 0.15) is 37.0 Å². The third-order valence-electron chi connectivity index (χ3n) is 6.04. The Morgan fingerprint density at radius 1 is 0.865 bits per heavy atom. The van der Waals surface area contributed by atoms with Crippen LogP contribution in [0.3, 0.4) is 0 Å². The largest absolute Gasteiger partial charge is 0.355 e. The highest BCUT2D eigenvalue weighted by Crippen LogP contribution is 2.26. The lowest BCUT2D eigenvalue weighted by atomic mass is 10.1. The number of nitrogens with zero attached hydrogens (tertiary/aromatic N) is 2. The summed E-state index contributed by atoms with van der Waals surface area (Å²) >= 11 is 0. The van der Waals surface area contributed by atoms with Gasteiger partial charge in [0, 0.05) is 13.1 Å². The van der Waals surface area contributed by atoms with Crippen LogP contribution in [0.5, 0.6) is 0 Å². The number of hydrogen-bond donors (Lipinski definition) is 1. The van der Waals surface area contributed by atoms with Crippen LogP contribution in [0, 0.1) is 13.8 Å². The Hall–Kier alpha value is -3.65.